The van der Waals surface area contributed by atoms with Crippen LogP contribution >= 0.6 is 0 Å². The second-order valence-electron chi connectivity index (χ2n) is 3.40. The highest BCUT2D eigenvalue weighted by atomic mass is 19.4. The van der Waals surface area contributed by atoms with Crippen LogP contribution in [-0.4, -0.2) is 5.78 Å². The van der Waals surface area contributed by atoms with Gasteiger partial charge < -0.3 is 0 Å². The number of hydrogen-bond donors (Lipinski definition) is 0. The zero-order valence-electron chi connectivity index (χ0n) is 8.64. The number of ketones is 1. The van der Waals surface area contributed by atoms with E-state index in [-0.39, 0.29) is 5.56 Å². The summed E-state index contributed by atoms with van der Waals surface area (Å²) in [5.41, 5.74) is -1.54. The Labute approximate surface area is 90.3 Å². The number of Topliss-reactive ketones (excluding diaryl/α,β-unsaturated/α-hetero) is 1. The van der Waals surface area contributed by atoms with Crippen molar-refractivity contribution in [1.82, 2.24) is 0 Å². The average molecular weight is 227 g/mol. The number of nitriles is 1. The molecule has 0 N–H and O–H groups in total. The molecule has 1 aromatic rings. The van der Waals surface area contributed by atoms with Crippen molar-refractivity contribution in [3.05, 3.63) is 34.4 Å². The van der Waals surface area contributed by atoms with Gasteiger partial charge in [0.15, 0.2) is 5.78 Å². The molecule has 0 amide bonds. The summed E-state index contributed by atoms with van der Waals surface area (Å²) >= 11 is 0. The molecule has 0 bridgehead atoms. The van der Waals surface area contributed by atoms with Crippen LogP contribution in [0.4, 0.5) is 13.2 Å². The summed E-state index contributed by atoms with van der Waals surface area (Å²) in [7, 11) is 0. The Morgan fingerprint density at radius 3 is 2.31 bits per heavy atom. The Morgan fingerprint density at radius 1 is 1.38 bits per heavy atom. The number of hydrogen-bond acceptors (Lipinski definition) is 2. The van der Waals surface area contributed by atoms with Crippen molar-refractivity contribution in [3.63, 3.8) is 0 Å². The molecule has 0 aliphatic carbocycles. The quantitative estimate of drug-likeness (QED) is 0.691. The van der Waals surface area contributed by atoms with Gasteiger partial charge in [-0.25, -0.2) is 0 Å². The van der Waals surface area contributed by atoms with E-state index in [0.29, 0.717) is 5.56 Å². The van der Waals surface area contributed by atoms with E-state index in [0.717, 1.165) is 13.0 Å². The summed E-state index contributed by atoms with van der Waals surface area (Å²) in [5, 5.41) is 8.71. The lowest BCUT2D eigenvalue weighted by Gasteiger charge is -2.13. The second-order valence-corrected chi connectivity index (χ2v) is 3.40. The molecule has 2 nitrogen and oxygen atoms in total. The highest BCUT2D eigenvalue weighted by molar-refractivity contribution is 5.98. The van der Waals surface area contributed by atoms with Crippen LogP contribution in [-0.2, 0) is 6.18 Å². The van der Waals surface area contributed by atoms with Gasteiger partial charge in [-0.05, 0) is 31.5 Å². The van der Waals surface area contributed by atoms with Gasteiger partial charge in [-0.2, -0.15) is 18.4 Å². The minimum atomic E-state index is -4.63. The zero-order valence-corrected chi connectivity index (χ0v) is 8.64. The third-order valence-electron chi connectivity index (χ3n) is 2.06. The summed E-state index contributed by atoms with van der Waals surface area (Å²) in [6.45, 7) is 2.46. The number of carbonyl (C=O) groups is 1. The van der Waals surface area contributed by atoms with Crippen molar-refractivity contribution < 1.29 is 18.0 Å². The molecular formula is C11H8F3NO. The fourth-order valence-electron chi connectivity index (χ4n) is 1.48. The molecule has 0 saturated heterocycles. The van der Waals surface area contributed by atoms with Crippen molar-refractivity contribution in [2.75, 3.05) is 0 Å². The van der Waals surface area contributed by atoms with E-state index >= 15 is 0 Å². The van der Waals surface area contributed by atoms with Gasteiger partial charge in [-0.3, -0.25) is 4.79 Å². The summed E-state index contributed by atoms with van der Waals surface area (Å²) < 4.78 is 37.9. The van der Waals surface area contributed by atoms with E-state index in [1.807, 2.05) is 0 Å². The number of alkyl halides is 3. The molecule has 0 aliphatic rings. The summed E-state index contributed by atoms with van der Waals surface area (Å²) in [5.74, 6) is -0.760. The SMILES string of the molecule is CC(=O)c1c(C#N)cc(C)cc1C(F)(F)F. The smallest absolute Gasteiger partial charge is 0.294 e. The molecule has 0 aliphatic heterocycles. The number of rotatable bonds is 1. The van der Waals surface area contributed by atoms with E-state index in [2.05, 4.69) is 0 Å². The molecule has 1 rings (SSSR count). The van der Waals surface area contributed by atoms with Crippen molar-refractivity contribution >= 4 is 5.78 Å². The van der Waals surface area contributed by atoms with Crippen molar-refractivity contribution in [2.45, 2.75) is 20.0 Å². The third kappa shape index (κ3) is 2.22. The molecule has 84 valence electrons. The normalized spacial score (nSPS) is 11.0. The maximum absolute atomic E-state index is 12.6. The van der Waals surface area contributed by atoms with Gasteiger partial charge in [0.2, 0.25) is 0 Å². The van der Waals surface area contributed by atoms with Crippen LogP contribution in [0, 0.1) is 18.3 Å². The van der Waals surface area contributed by atoms with Gasteiger partial charge in [0, 0.05) is 5.56 Å². The van der Waals surface area contributed by atoms with Crippen LogP contribution in [0.1, 0.15) is 34.0 Å². The summed E-state index contributed by atoms with van der Waals surface area (Å²) in [6, 6.07) is 3.75. The molecule has 0 heterocycles. The molecule has 0 aromatic heterocycles. The van der Waals surface area contributed by atoms with E-state index in [4.69, 9.17) is 5.26 Å². The Kier molecular flexibility index (Phi) is 3.04. The number of nitrogens with zero attached hydrogens (tertiary/aromatic N) is 1. The molecule has 16 heavy (non-hydrogen) atoms. The van der Waals surface area contributed by atoms with Crippen molar-refractivity contribution in [3.8, 4) is 6.07 Å². The number of halogens is 3. The van der Waals surface area contributed by atoms with Crippen LogP contribution in [0.15, 0.2) is 12.1 Å². The molecule has 0 radical (unpaired) electrons. The lowest BCUT2D eigenvalue weighted by Crippen LogP contribution is -2.14. The molecule has 5 heteroatoms. The molecule has 0 spiro atoms. The monoisotopic (exact) mass is 227 g/mol. The van der Waals surface area contributed by atoms with Crippen LogP contribution in [0.25, 0.3) is 0 Å². The Morgan fingerprint density at radius 2 is 1.94 bits per heavy atom. The zero-order chi connectivity index (χ0) is 12.5. The minimum Gasteiger partial charge on any atom is -0.294 e. The number of benzene rings is 1. The fraction of sp³-hybridized carbons (Fsp3) is 0.273. The minimum absolute atomic E-state index is 0.236. The predicted molar refractivity (Wildman–Crippen MR) is 50.9 cm³/mol. The lowest BCUT2D eigenvalue weighted by molar-refractivity contribution is -0.138. The van der Waals surface area contributed by atoms with Gasteiger partial charge >= 0.3 is 6.18 Å². The Bertz CT molecular complexity index is 483. The lowest BCUT2D eigenvalue weighted by atomic mass is 9.95. The average Bonchev–Trinajstić information content (AvgIpc) is 2.14. The van der Waals surface area contributed by atoms with Crippen LogP contribution in [0.2, 0.25) is 0 Å². The standard InChI is InChI=1S/C11H8F3NO/c1-6-3-8(5-15)10(7(2)16)9(4-6)11(12,13)14/h3-4H,1-2H3. The predicted octanol–water partition coefficient (Wildman–Crippen LogP) is 3.09. The van der Waals surface area contributed by atoms with Gasteiger partial charge in [0.1, 0.15) is 0 Å². The first kappa shape index (κ1) is 12.2. The maximum atomic E-state index is 12.6. The van der Waals surface area contributed by atoms with Crippen molar-refractivity contribution in [2.24, 2.45) is 0 Å². The first-order chi connectivity index (χ1) is 7.27. The summed E-state index contributed by atoms with van der Waals surface area (Å²) in [4.78, 5) is 11.2. The highest BCUT2D eigenvalue weighted by Gasteiger charge is 2.36. The van der Waals surface area contributed by atoms with Gasteiger partial charge in [0.25, 0.3) is 0 Å². The summed E-state index contributed by atoms with van der Waals surface area (Å²) in [6.07, 6.45) is -4.63. The molecule has 1 aromatic carbocycles. The largest absolute Gasteiger partial charge is 0.417 e. The molecule has 0 unspecified atom stereocenters. The molecular weight excluding hydrogens is 219 g/mol. The van der Waals surface area contributed by atoms with E-state index in [1.54, 1.807) is 6.07 Å². The topological polar surface area (TPSA) is 40.9 Å². The Hall–Kier alpha value is -1.83. The van der Waals surface area contributed by atoms with Crippen LogP contribution in [0.5, 0.6) is 0 Å². The molecule has 0 saturated carbocycles. The van der Waals surface area contributed by atoms with Crippen LogP contribution < -0.4 is 0 Å². The maximum Gasteiger partial charge on any atom is 0.417 e. The fourth-order valence-corrected chi connectivity index (χ4v) is 1.48. The number of carbonyl (C=O) groups excluding carboxylic acids is 1. The van der Waals surface area contributed by atoms with Crippen molar-refractivity contribution in [1.29, 1.82) is 5.26 Å². The molecule has 0 atom stereocenters. The second kappa shape index (κ2) is 3.97. The number of aryl methyl sites for hydroxylation is 1. The van der Waals surface area contributed by atoms with Gasteiger partial charge in [-0.15, -0.1) is 0 Å². The molecule has 0 fully saturated rings. The van der Waals surface area contributed by atoms with E-state index in [1.165, 1.54) is 13.0 Å². The van der Waals surface area contributed by atoms with E-state index < -0.39 is 23.1 Å². The van der Waals surface area contributed by atoms with Gasteiger partial charge in [-0.1, -0.05) is 0 Å². The van der Waals surface area contributed by atoms with Crippen LogP contribution in [0.3, 0.4) is 0 Å². The first-order valence-corrected chi connectivity index (χ1v) is 4.40. The third-order valence-corrected chi connectivity index (χ3v) is 2.06. The first-order valence-electron chi connectivity index (χ1n) is 4.40. The van der Waals surface area contributed by atoms with Gasteiger partial charge in [0.05, 0.1) is 17.2 Å². The Balaban J connectivity index is 3.66. The van der Waals surface area contributed by atoms with E-state index in [9.17, 15) is 18.0 Å². The highest BCUT2D eigenvalue weighted by Crippen LogP contribution is 2.34.